The van der Waals surface area contributed by atoms with Gasteiger partial charge in [-0.25, -0.2) is 0 Å². The highest BCUT2D eigenvalue weighted by molar-refractivity contribution is 6.18. The quantitative estimate of drug-likeness (QED) is 0.206. The smallest absolute Gasteiger partial charge is 0.161 e. The van der Waals surface area contributed by atoms with E-state index < -0.39 is 0 Å². The number of rotatable bonds is 3. The van der Waals surface area contributed by atoms with E-state index in [0.29, 0.717) is 0 Å². The van der Waals surface area contributed by atoms with E-state index in [-0.39, 0.29) is 0 Å². The molecule has 0 spiro atoms. The zero-order chi connectivity index (χ0) is 29.5. The molecule has 0 N–H and O–H groups in total. The van der Waals surface area contributed by atoms with Crippen molar-refractivity contribution in [2.24, 2.45) is 0 Å². The molecule has 210 valence electrons. The van der Waals surface area contributed by atoms with Crippen LogP contribution in [-0.2, 0) is 6.42 Å². The van der Waals surface area contributed by atoms with E-state index >= 15 is 0 Å². The minimum absolute atomic E-state index is 0.924. The van der Waals surface area contributed by atoms with Gasteiger partial charge in [-0.05, 0) is 92.5 Å². The first-order valence-corrected chi connectivity index (χ1v) is 15.6. The van der Waals surface area contributed by atoms with Crippen LogP contribution in [0.15, 0.2) is 156 Å². The Morgan fingerprint density at radius 3 is 2.00 bits per heavy atom. The highest BCUT2D eigenvalue weighted by Gasteiger charge is 2.22. The molecule has 2 heterocycles. The fourth-order valence-corrected chi connectivity index (χ4v) is 7.48. The Kier molecular flexibility index (Phi) is 5.09. The highest BCUT2D eigenvalue weighted by atomic mass is 16.3. The van der Waals surface area contributed by atoms with Crippen LogP contribution < -0.4 is 0 Å². The van der Waals surface area contributed by atoms with E-state index in [2.05, 4.69) is 156 Å². The maximum atomic E-state index is 6.76. The topological polar surface area (TPSA) is 18.1 Å². The van der Waals surface area contributed by atoms with Crippen molar-refractivity contribution in [2.45, 2.75) is 6.42 Å². The number of para-hydroxylation sites is 3. The Morgan fingerprint density at radius 2 is 1.13 bits per heavy atom. The molecule has 9 aromatic rings. The van der Waals surface area contributed by atoms with Gasteiger partial charge < -0.3 is 8.98 Å². The second-order valence-corrected chi connectivity index (χ2v) is 12.1. The van der Waals surface area contributed by atoms with Crippen LogP contribution in [0.3, 0.4) is 0 Å². The number of hydrogen-bond acceptors (Lipinski definition) is 1. The average Bonchev–Trinajstić information content (AvgIpc) is 3.76. The molecule has 2 nitrogen and oxygen atoms in total. The molecule has 0 radical (unpaired) electrons. The normalized spacial score (nSPS) is 12.4. The van der Waals surface area contributed by atoms with Crippen molar-refractivity contribution in [3.05, 3.63) is 163 Å². The molecule has 0 aliphatic heterocycles. The molecule has 7 aromatic carbocycles. The maximum absolute atomic E-state index is 6.76. The third-order valence-corrected chi connectivity index (χ3v) is 9.59. The van der Waals surface area contributed by atoms with Gasteiger partial charge in [-0.1, -0.05) is 115 Å². The van der Waals surface area contributed by atoms with Crippen molar-refractivity contribution in [2.75, 3.05) is 0 Å². The number of hydrogen-bond donors (Lipinski definition) is 0. The van der Waals surface area contributed by atoms with Crippen LogP contribution in [0.4, 0.5) is 0 Å². The lowest BCUT2D eigenvalue weighted by molar-refractivity contribution is 0.674. The second-order valence-electron chi connectivity index (χ2n) is 12.1. The van der Waals surface area contributed by atoms with Gasteiger partial charge in [0.2, 0.25) is 0 Å². The Labute approximate surface area is 260 Å². The summed E-state index contributed by atoms with van der Waals surface area (Å²) in [7, 11) is 0. The molecule has 45 heavy (non-hydrogen) atoms. The zero-order valence-corrected chi connectivity index (χ0v) is 24.5. The van der Waals surface area contributed by atoms with Crippen LogP contribution in [0.5, 0.6) is 0 Å². The number of aromatic nitrogens is 1. The molecular weight excluding hydrogens is 546 g/mol. The number of benzene rings is 7. The third-order valence-electron chi connectivity index (χ3n) is 9.59. The monoisotopic (exact) mass is 573 g/mol. The van der Waals surface area contributed by atoms with Crippen LogP contribution in [-0.4, -0.2) is 4.57 Å². The van der Waals surface area contributed by atoms with Gasteiger partial charge in [-0.3, -0.25) is 0 Å². The van der Waals surface area contributed by atoms with Gasteiger partial charge in [-0.15, -0.1) is 0 Å². The molecule has 0 saturated heterocycles. The first-order chi connectivity index (χ1) is 22.3. The predicted octanol–water partition coefficient (Wildman–Crippen LogP) is 11.6. The number of fused-ring (bicyclic) bond motifs is 9. The molecule has 10 rings (SSSR count). The van der Waals surface area contributed by atoms with Gasteiger partial charge in [0.05, 0.1) is 5.52 Å². The molecule has 0 bridgehead atoms. The third kappa shape index (κ3) is 3.63. The lowest BCUT2D eigenvalue weighted by Gasteiger charge is -2.09. The molecule has 0 unspecified atom stereocenters. The van der Waals surface area contributed by atoms with Crippen LogP contribution in [0.1, 0.15) is 11.1 Å². The van der Waals surface area contributed by atoms with E-state index in [1.807, 2.05) is 0 Å². The van der Waals surface area contributed by atoms with E-state index in [4.69, 9.17) is 4.42 Å². The maximum Gasteiger partial charge on any atom is 0.161 e. The molecule has 2 aromatic heterocycles. The van der Waals surface area contributed by atoms with Crippen molar-refractivity contribution in [3.8, 4) is 39.1 Å². The molecular formula is C43H27NO. The lowest BCUT2D eigenvalue weighted by Crippen LogP contribution is -1.92. The summed E-state index contributed by atoms with van der Waals surface area (Å²) in [6, 6.07) is 54.9. The second kappa shape index (κ2) is 9.32. The molecule has 0 saturated carbocycles. The van der Waals surface area contributed by atoms with Crippen molar-refractivity contribution in [3.63, 3.8) is 0 Å². The fraction of sp³-hybridized carbons (Fsp3) is 0.0233. The van der Waals surface area contributed by atoms with Gasteiger partial charge in [0.15, 0.2) is 5.58 Å². The summed E-state index contributed by atoms with van der Waals surface area (Å²) in [5.74, 6) is 0. The van der Waals surface area contributed by atoms with Crippen molar-refractivity contribution in [1.82, 2.24) is 4.57 Å². The van der Waals surface area contributed by atoms with Crippen LogP contribution in [0.25, 0.3) is 82.8 Å². The van der Waals surface area contributed by atoms with Crippen LogP contribution >= 0.6 is 0 Å². The minimum Gasteiger partial charge on any atom is -0.453 e. The summed E-state index contributed by atoms with van der Waals surface area (Å²) in [4.78, 5) is 0. The van der Waals surface area contributed by atoms with Crippen molar-refractivity contribution < 1.29 is 4.42 Å². The van der Waals surface area contributed by atoms with Gasteiger partial charge in [-0.2, -0.15) is 0 Å². The Hall–Kier alpha value is -5.86. The van der Waals surface area contributed by atoms with Crippen LogP contribution in [0.2, 0.25) is 0 Å². The van der Waals surface area contributed by atoms with Gasteiger partial charge in [0.25, 0.3) is 0 Å². The molecule has 0 atom stereocenters. The minimum atomic E-state index is 0.924. The summed E-state index contributed by atoms with van der Waals surface area (Å²) in [5.41, 5.74) is 15.5. The molecule has 1 aliphatic rings. The Balaban J connectivity index is 1.05. The largest absolute Gasteiger partial charge is 0.453 e. The average molecular weight is 574 g/mol. The zero-order valence-electron chi connectivity index (χ0n) is 24.5. The van der Waals surface area contributed by atoms with E-state index in [0.717, 1.165) is 56.2 Å². The van der Waals surface area contributed by atoms with Gasteiger partial charge in [0.1, 0.15) is 11.1 Å². The van der Waals surface area contributed by atoms with Crippen LogP contribution in [0, 0.1) is 0 Å². The number of nitrogens with zero attached hydrogens (tertiary/aromatic N) is 1. The fourth-order valence-electron chi connectivity index (χ4n) is 7.48. The summed E-state index contributed by atoms with van der Waals surface area (Å²) in [6.07, 6.45) is 0.982. The predicted molar refractivity (Wildman–Crippen MR) is 187 cm³/mol. The molecule has 0 fully saturated rings. The van der Waals surface area contributed by atoms with E-state index in [9.17, 15) is 0 Å². The first-order valence-electron chi connectivity index (χ1n) is 15.6. The molecule has 0 amide bonds. The van der Waals surface area contributed by atoms with Crippen molar-refractivity contribution in [1.29, 1.82) is 0 Å². The first kappa shape index (κ1) is 24.6. The number of furan rings is 1. The van der Waals surface area contributed by atoms with Gasteiger partial charge in [0, 0.05) is 22.0 Å². The Morgan fingerprint density at radius 1 is 0.444 bits per heavy atom. The summed E-state index contributed by atoms with van der Waals surface area (Å²) < 4.78 is 9.09. The SMILES string of the molecule is c1ccc(-n2c3ccccc3c3oc4c(-c5ccc(-c6ccc7c(c6)Cc6cc8ccccc8cc6-7)cc5)cccc4c32)cc1. The van der Waals surface area contributed by atoms with E-state index in [1.54, 1.807) is 0 Å². The summed E-state index contributed by atoms with van der Waals surface area (Å²) in [6.45, 7) is 0. The van der Waals surface area contributed by atoms with Gasteiger partial charge >= 0.3 is 0 Å². The van der Waals surface area contributed by atoms with E-state index in [1.165, 1.54) is 44.2 Å². The standard InChI is InChI=1S/C43H27NO/c1-2-11-34(12-3-1)44-40-16-7-6-13-37(40)43-41(44)38-15-8-14-36(42(38)45-43)28-19-17-27(18-20-28)31-21-22-35-32(24-31)25-33-23-29-9-4-5-10-30(29)26-39(33)35/h1-24,26H,25H2. The van der Waals surface area contributed by atoms with Crippen molar-refractivity contribution >= 4 is 43.7 Å². The molecule has 1 aliphatic carbocycles. The lowest BCUT2D eigenvalue weighted by atomic mass is 9.96. The molecule has 2 heteroatoms. The summed E-state index contributed by atoms with van der Waals surface area (Å²) >= 11 is 0. The summed E-state index contributed by atoms with van der Waals surface area (Å²) in [5, 5.41) is 4.87. The Bertz CT molecular complexity index is 2600. The highest BCUT2D eigenvalue weighted by Crippen LogP contribution is 2.43.